The molecule has 232 valence electrons. The molecule has 0 saturated heterocycles. The van der Waals surface area contributed by atoms with E-state index >= 15 is 0 Å². The van der Waals surface area contributed by atoms with Gasteiger partial charge < -0.3 is 36.8 Å². The van der Waals surface area contributed by atoms with Crippen LogP contribution in [0, 0.1) is 5.92 Å². The van der Waals surface area contributed by atoms with Crippen molar-refractivity contribution in [2.24, 2.45) is 11.7 Å². The Balaban J connectivity index is 1.59. The summed E-state index contributed by atoms with van der Waals surface area (Å²) in [7, 11) is 0. The maximum Gasteiger partial charge on any atom is 0.326 e. The van der Waals surface area contributed by atoms with Crippen LogP contribution < -0.4 is 21.7 Å². The van der Waals surface area contributed by atoms with Gasteiger partial charge in [-0.05, 0) is 23.1 Å². The summed E-state index contributed by atoms with van der Waals surface area (Å²) in [4.78, 5) is 62.7. The van der Waals surface area contributed by atoms with Gasteiger partial charge in [0.1, 0.15) is 18.1 Å². The molecule has 0 saturated carbocycles. The fourth-order valence-corrected chi connectivity index (χ4v) is 5.00. The van der Waals surface area contributed by atoms with E-state index in [9.17, 15) is 24.3 Å². The molecule has 12 nitrogen and oxygen atoms in total. The monoisotopic (exact) mass is 601 g/mol. The van der Waals surface area contributed by atoms with E-state index in [4.69, 9.17) is 5.73 Å². The number of aromatic nitrogens is 3. The molecule has 3 amide bonds. The summed E-state index contributed by atoms with van der Waals surface area (Å²) in [5.41, 5.74) is 9.23. The zero-order valence-corrected chi connectivity index (χ0v) is 24.7. The lowest BCUT2D eigenvalue weighted by atomic mass is 9.97. The number of carboxylic acids is 1. The van der Waals surface area contributed by atoms with E-state index in [1.807, 2.05) is 61.5 Å². The van der Waals surface area contributed by atoms with E-state index in [2.05, 4.69) is 30.9 Å². The van der Waals surface area contributed by atoms with Gasteiger partial charge in [0.05, 0.1) is 12.4 Å². The van der Waals surface area contributed by atoms with Crippen LogP contribution in [0.1, 0.15) is 37.1 Å². The summed E-state index contributed by atoms with van der Waals surface area (Å²) < 4.78 is 0. The van der Waals surface area contributed by atoms with Gasteiger partial charge in [0, 0.05) is 48.3 Å². The number of amides is 3. The third-order valence-corrected chi connectivity index (χ3v) is 7.76. The Morgan fingerprint density at radius 1 is 0.864 bits per heavy atom. The largest absolute Gasteiger partial charge is 0.480 e. The average Bonchev–Trinajstić information content (AvgIpc) is 3.69. The molecule has 2 aromatic carbocycles. The molecule has 0 aliphatic heterocycles. The number of nitrogens with one attached hydrogen (secondary N) is 5. The first-order chi connectivity index (χ1) is 21.2. The molecule has 0 aliphatic carbocycles. The number of para-hydroxylation sites is 1. The number of imidazole rings is 1. The first-order valence-electron chi connectivity index (χ1n) is 14.6. The standard InChI is InChI=1S/C32H39N7O5/c1-3-19(2)28(32(43)44)39-31(42)27(14-21-16-35-25-12-8-7-11-23(21)25)38-30(41)26(13-20-9-5-4-6-10-20)37-29(40)24(33)15-22-17-34-18-36-22/h4-12,16-19,24,26-28,35H,3,13-15,33H2,1-2H3,(H,34,36)(H,37,40)(H,38,41)(H,39,42)(H,43,44). The van der Waals surface area contributed by atoms with Gasteiger partial charge in [-0.3, -0.25) is 14.4 Å². The van der Waals surface area contributed by atoms with Gasteiger partial charge >= 0.3 is 5.97 Å². The molecule has 2 heterocycles. The molecule has 44 heavy (non-hydrogen) atoms. The quantitative estimate of drug-likeness (QED) is 0.108. The fraction of sp³-hybridized carbons (Fsp3) is 0.344. The van der Waals surface area contributed by atoms with E-state index < -0.39 is 47.9 Å². The Kier molecular flexibility index (Phi) is 10.9. The number of carbonyl (C=O) groups is 4. The minimum Gasteiger partial charge on any atom is -0.480 e. The van der Waals surface area contributed by atoms with Crippen molar-refractivity contribution in [3.63, 3.8) is 0 Å². The summed E-state index contributed by atoms with van der Waals surface area (Å²) in [5, 5.41) is 18.9. The predicted octanol–water partition coefficient (Wildman–Crippen LogP) is 1.83. The number of benzene rings is 2. The Hall–Kier alpha value is -4.97. The van der Waals surface area contributed by atoms with Crippen LogP contribution >= 0.6 is 0 Å². The first-order valence-corrected chi connectivity index (χ1v) is 14.6. The van der Waals surface area contributed by atoms with Crippen LogP contribution in [0.5, 0.6) is 0 Å². The number of rotatable bonds is 15. The van der Waals surface area contributed by atoms with Crippen molar-refractivity contribution in [1.29, 1.82) is 0 Å². The molecule has 5 unspecified atom stereocenters. The minimum atomic E-state index is -1.16. The molecule has 0 spiro atoms. The van der Waals surface area contributed by atoms with Crippen molar-refractivity contribution in [2.45, 2.75) is 63.7 Å². The van der Waals surface area contributed by atoms with Crippen molar-refractivity contribution >= 4 is 34.6 Å². The molecule has 5 atom stereocenters. The van der Waals surface area contributed by atoms with E-state index in [0.29, 0.717) is 12.1 Å². The van der Waals surface area contributed by atoms with Crippen molar-refractivity contribution in [1.82, 2.24) is 30.9 Å². The third kappa shape index (κ3) is 8.32. The number of hydrogen-bond donors (Lipinski definition) is 7. The molecule has 12 heteroatoms. The lowest BCUT2D eigenvalue weighted by Crippen LogP contribution is -2.58. The third-order valence-electron chi connectivity index (χ3n) is 7.76. The number of carbonyl (C=O) groups excluding carboxylic acids is 3. The highest BCUT2D eigenvalue weighted by Gasteiger charge is 2.32. The zero-order chi connectivity index (χ0) is 31.6. The van der Waals surface area contributed by atoms with Crippen LogP contribution in [0.25, 0.3) is 10.9 Å². The zero-order valence-electron chi connectivity index (χ0n) is 24.7. The second-order valence-corrected chi connectivity index (χ2v) is 11.0. The normalized spacial score (nSPS) is 14.6. The molecule has 8 N–H and O–H groups in total. The van der Waals surface area contributed by atoms with Crippen LogP contribution in [0.2, 0.25) is 0 Å². The molecule has 0 radical (unpaired) electrons. The minimum absolute atomic E-state index is 0.0831. The molecular formula is C32H39N7O5. The summed E-state index contributed by atoms with van der Waals surface area (Å²) in [6.45, 7) is 3.58. The van der Waals surface area contributed by atoms with E-state index in [1.165, 1.54) is 6.33 Å². The molecular weight excluding hydrogens is 562 g/mol. The lowest BCUT2D eigenvalue weighted by molar-refractivity contribution is -0.143. The second-order valence-electron chi connectivity index (χ2n) is 11.0. The van der Waals surface area contributed by atoms with Crippen LogP contribution in [0.3, 0.4) is 0 Å². The highest BCUT2D eigenvalue weighted by atomic mass is 16.4. The molecule has 0 bridgehead atoms. The Labute approximate surface area is 255 Å². The smallest absolute Gasteiger partial charge is 0.326 e. The Morgan fingerprint density at radius 3 is 2.20 bits per heavy atom. The van der Waals surface area contributed by atoms with Crippen LogP contribution in [-0.4, -0.2) is 67.9 Å². The summed E-state index contributed by atoms with van der Waals surface area (Å²) >= 11 is 0. The number of nitrogens with two attached hydrogens (primary N) is 1. The molecule has 4 aromatic rings. The molecule has 2 aromatic heterocycles. The van der Waals surface area contributed by atoms with E-state index in [-0.39, 0.29) is 25.2 Å². The van der Waals surface area contributed by atoms with Crippen molar-refractivity contribution in [2.75, 3.05) is 0 Å². The van der Waals surface area contributed by atoms with Crippen molar-refractivity contribution < 1.29 is 24.3 Å². The van der Waals surface area contributed by atoms with E-state index in [0.717, 1.165) is 22.0 Å². The molecule has 0 aliphatic rings. The number of aliphatic carboxylic acids is 1. The topological polar surface area (TPSA) is 195 Å². The molecule has 4 rings (SSSR count). The summed E-state index contributed by atoms with van der Waals surface area (Å²) in [6.07, 6.45) is 5.75. The average molecular weight is 602 g/mol. The summed E-state index contributed by atoms with van der Waals surface area (Å²) in [6, 6.07) is 12.4. The number of nitrogens with zero attached hydrogens (tertiary/aromatic N) is 1. The van der Waals surface area contributed by atoms with Gasteiger partial charge in [-0.2, -0.15) is 0 Å². The van der Waals surface area contributed by atoms with Gasteiger partial charge in [-0.1, -0.05) is 68.8 Å². The number of carboxylic acid groups (broad SMARTS) is 1. The molecule has 0 fully saturated rings. The highest BCUT2D eigenvalue weighted by molar-refractivity contribution is 5.95. The highest BCUT2D eigenvalue weighted by Crippen LogP contribution is 2.20. The van der Waals surface area contributed by atoms with Gasteiger partial charge in [0.2, 0.25) is 17.7 Å². The maximum atomic E-state index is 13.9. The number of fused-ring (bicyclic) bond motifs is 1. The van der Waals surface area contributed by atoms with Gasteiger partial charge in [0.25, 0.3) is 0 Å². The Morgan fingerprint density at radius 2 is 1.52 bits per heavy atom. The summed E-state index contributed by atoms with van der Waals surface area (Å²) in [5.74, 6) is -3.30. The fourth-order valence-electron chi connectivity index (χ4n) is 5.00. The predicted molar refractivity (Wildman–Crippen MR) is 165 cm³/mol. The Bertz CT molecular complexity index is 1550. The lowest BCUT2D eigenvalue weighted by Gasteiger charge is -2.26. The van der Waals surface area contributed by atoms with Crippen molar-refractivity contribution in [3.05, 3.63) is 90.1 Å². The van der Waals surface area contributed by atoms with E-state index in [1.54, 1.807) is 19.3 Å². The van der Waals surface area contributed by atoms with Gasteiger partial charge in [-0.25, -0.2) is 9.78 Å². The van der Waals surface area contributed by atoms with Crippen LogP contribution in [-0.2, 0) is 38.4 Å². The van der Waals surface area contributed by atoms with Crippen LogP contribution in [0.15, 0.2) is 73.3 Å². The number of H-pyrrole nitrogens is 2. The maximum absolute atomic E-state index is 13.9. The van der Waals surface area contributed by atoms with Gasteiger partial charge in [0.15, 0.2) is 0 Å². The SMILES string of the molecule is CCC(C)C(NC(=O)C(Cc1c[nH]c2ccccc12)NC(=O)C(Cc1ccccc1)NC(=O)C(N)Cc1cnc[nH]1)C(=O)O. The first kappa shape index (κ1) is 32.0. The van der Waals surface area contributed by atoms with Crippen molar-refractivity contribution in [3.8, 4) is 0 Å². The van der Waals surface area contributed by atoms with Gasteiger partial charge in [-0.15, -0.1) is 0 Å². The van der Waals surface area contributed by atoms with Crippen LogP contribution in [0.4, 0.5) is 0 Å². The number of hydrogen-bond acceptors (Lipinski definition) is 6. The second kappa shape index (κ2) is 15.0. The number of aromatic amines is 2.